The minimum Gasteiger partial charge on any atom is -0.493 e. The number of hydrogen-bond acceptors (Lipinski definition) is 3. The molecule has 1 heterocycles. The summed E-state index contributed by atoms with van der Waals surface area (Å²) < 4.78 is 11.5. The molecular weight excluding hydrogens is 429 g/mol. The number of benzene rings is 1. The number of hydrogen-bond donors (Lipinski definition) is 2. The third-order valence-corrected chi connectivity index (χ3v) is 4.65. The minimum atomic E-state index is 0. The standard InChI is InChI=1S/C19H29N3O2.HI/c1-14-3-6-17(11-22-19(20-2)21-10-15-4-5-15)18(9-14)24-13-16-7-8-23-12-16;/h3,6,9,15-16H,4-5,7-8,10-13H2,1-2H3,(H2,20,21,22);1H. The van der Waals surface area contributed by atoms with Crippen LogP contribution in [0, 0.1) is 18.8 Å². The van der Waals surface area contributed by atoms with E-state index in [9.17, 15) is 0 Å². The maximum absolute atomic E-state index is 6.10. The first-order valence-corrected chi connectivity index (χ1v) is 8.99. The van der Waals surface area contributed by atoms with Crippen molar-refractivity contribution in [3.63, 3.8) is 0 Å². The lowest BCUT2D eigenvalue weighted by Crippen LogP contribution is -2.37. The van der Waals surface area contributed by atoms with Crippen molar-refractivity contribution in [3.05, 3.63) is 29.3 Å². The molecule has 1 aliphatic carbocycles. The number of aryl methyl sites for hydroxylation is 1. The average molecular weight is 459 g/mol. The van der Waals surface area contributed by atoms with Crippen LogP contribution in [-0.4, -0.2) is 39.4 Å². The second kappa shape index (κ2) is 10.2. The van der Waals surface area contributed by atoms with Gasteiger partial charge in [-0.3, -0.25) is 4.99 Å². The van der Waals surface area contributed by atoms with Crippen LogP contribution in [0.2, 0.25) is 0 Å². The molecule has 1 unspecified atom stereocenters. The quantitative estimate of drug-likeness (QED) is 0.374. The summed E-state index contributed by atoms with van der Waals surface area (Å²) in [5.41, 5.74) is 2.38. The molecule has 1 atom stereocenters. The summed E-state index contributed by atoms with van der Waals surface area (Å²) in [6.07, 6.45) is 3.77. The van der Waals surface area contributed by atoms with Crippen LogP contribution in [0.25, 0.3) is 0 Å². The minimum absolute atomic E-state index is 0. The van der Waals surface area contributed by atoms with Crippen molar-refractivity contribution in [2.75, 3.05) is 33.4 Å². The lowest BCUT2D eigenvalue weighted by atomic mass is 10.1. The largest absolute Gasteiger partial charge is 0.493 e. The van der Waals surface area contributed by atoms with Gasteiger partial charge in [-0.1, -0.05) is 12.1 Å². The van der Waals surface area contributed by atoms with E-state index in [0.29, 0.717) is 12.5 Å². The lowest BCUT2D eigenvalue weighted by Gasteiger charge is -2.17. The van der Waals surface area contributed by atoms with Gasteiger partial charge in [0, 0.05) is 38.2 Å². The maximum atomic E-state index is 6.10. The Morgan fingerprint density at radius 2 is 2.08 bits per heavy atom. The fraction of sp³-hybridized carbons (Fsp3) is 0.632. The normalized spacial score (nSPS) is 20.1. The van der Waals surface area contributed by atoms with Crippen molar-refractivity contribution in [2.24, 2.45) is 16.8 Å². The predicted octanol–water partition coefficient (Wildman–Crippen LogP) is 3.10. The van der Waals surface area contributed by atoms with Crippen molar-refractivity contribution < 1.29 is 9.47 Å². The highest BCUT2D eigenvalue weighted by Crippen LogP contribution is 2.27. The molecule has 1 aromatic carbocycles. The highest BCUT2D eigenvalue weighted by atomic mass is 127. The predicted molar refractivity (Wildman–Crippen MR) is 112 cm³/mol. The van der Waals surface area contributed by atoms with E-state index in [1.165, 1.54) is 18.4 Å². The number of nitrogens with one attached hydrogen (secondary N) is 2. The number of aliphatic imine (C=N–C) groups is 1. The van der Waals surface area contributed by atoms with E-state index in [0.717, 1.165) is 56.0 Å². The number of halogens is 1. The Morgan fingerprint density at radius 1 is 1.24 bits per heavy atom. The van der Waals surface area contributed by atoms with E-state index in [1.807, 2.05) is 7.05 Å². The molecule has 1 aromatic rings. The van der Waals surface area contributed by atoms with E-state index in [1.54, 1.807) is 0 Å². The lowest BCUT2D eigenvalue weighted by molar-refractivity contribution is 0.166. The Labute approximate surface area is 168 Å². The molecule has 1 saturated heterocycles. The first-order valence-electron chi connectivity index (χ1n) is 8.99. The van der Waals surface area contributed by atoms with Gasteiger partial charge in [-0.25, -0.2) is 0 Å². The third-order valence-electron chi connectivity index (χ3n) is 4.65. The molecule has 25 heavy (non-hydrogen) atoms. The molecule has 6 heteroatoms. The molecule has 0 amide bonds. The van der Waals surface area contributed by atoms with Gasteiger partial charge in [0.1, 0.15) is 5.75 Å². The molecule has 0 radical (unpaired) electrons. The molecule has 2 aliphatic rings. The molecule has 3 rings (SSSR count). The van der Waals surface area contributed by atoms with Crippen LogP contribution in [0.15, 0.2) is 23.2 Å². The summed E-state index contributed by atoms with van der Waals surface area (Å²) in [5.74, 6) is 3.17. The van der Waals surface area contributed by atoms with Gasteiger partial charge in [-0.15, -0.1) is 24.0 Å². The van der Waals surface area contributed by atoms with Crippen LogP contribution < -0.4 is 15.4 Å². The van der Waals surface area contributed by atoms with Gasteiger partial charge in [0.15, 0.2) is 5.96 Å². The Hall–Kier alpha value is -1.02. The molecule has 0 aromatic heterocycles. The van der Waals surface area contributed by atoms with E-state index in [-0.39, 0.29) is 24.0 Å². The highest BCUT2D eigenvalue weighted by molar-refractivity contribution is 14.0. The van der Waals surface area contributed by atoms with Crippen LogP contribution in [0.3, 0.4) is 0 Å². The van der Waals surface area contributed by atoms with Crippen LogP contribution in [0.5, 0.6) is 5.75 Å². The Bertz CT molecular complexity index is 570. The number of ether oxygens (including phenoxy) is 2. The summed E-state index contributed by atoms with van der Waals surface area (Å²) in [6.45, 7) is 6.22. The van der Waals surface area contributed by atoms with Gasteiger partial charge in [-0.05, 0) is 43.7 Å². The maximum Gasteiger partial charge on any atom is 0.191 e. The molecule has 140 valence electrons. The van der Waals surface area contributed by atoms with Gasteiger partial charge in [0.25, 0.3) is 0 Å². The molecule has 1 aliphatic heterocycles. The fourth-order valence-corrected chi connectivity index (χ4v) is 2.83. The fourth-order valence-electron chi connectivity index (χ4n) is 2.83. The summed E-state index contributed by atoms with van der Waals surface area (Å²) in [6, 6.07) is 6.38. The summed E-state index contributed by atoms with van der Waals surface area (Å²) >= 11 is 0. The van der Waals surface area contributed by atoms with E-state index in [2.05, 4.69) is 40.7 Å². The summed E-state index contributed by atoms with van der Waals surface area (Å²) in [5, 5.41) is 6.78. The number of nitrogens with zero attached hydrogens (tertiary/aromatic N) is 1. The number of guanidine groups is 1. The van der Waals surface area contributed by atoms with E-state index in [4.69, 9.17) is 9.47 Å². The van der Waals surface area contributed by atoms with Crippen LogP contribution in [0.4, 0.5) is 0 Å². The first-order chi connectivity index (χ1) is 11.7. The van der Waals surface area contributed by atoms with E-state index >= 15 is 0 Å². The van der Waals surface area contributed by atoms with E-state index < -0.39 is 0 Å². The van der Waals surface area contributed by atoms with Gasteiger partial charge in [0.2, 0.25) is 0 Å². The zero-order chi connectivity index (χ0) is 16.8. The van der Waals surface area contributed by atoms with Crippen molar-refractivity contribution >= 4 is 29.9 Å². The highest BCUT2D eigenvalue weighted by Gasteiger charge is 2.21. The third kappa shape index (κ3) is 6.66. The zero-order valence-electron chi connectivity index (χ0n) is 15.2. The topological polar surface area (TPSA) is 54.9 Å². The first kappa shape index (κ1) is 20.3. The van der Waals surface area contributed by atoms with Gasteiger partial charge >= 0.3 is 0 Å². The van der Waals surface area contributed by atoms with Crippen molar-refractivity contribution in [2.45, 2.75) is 32.7 Å². The van der Waals surface area contributed by atoms with Gasteiger partial charge in [0.05, 0.1) is 13.2 Å². The Morgan fingerprint density at radius 3 is 2.76 bits per heavy atom. The molecule has 2 N–H and O–H groups in total. The Kier molecular flexibility index (Phi) is 8.29. The monoisotopic (exact) mass is 459 g/mol. The number of rotatable bonds is 7. The molecule has 0 bridgehead atoms. The van der Waals surface area contributed by atoms with Gasteiger partial charge < -0.3 is 20.1 Å². The summed E-state index contributed by atoms with van der Waals surface area (Å²) in [4.78, 5) is 4.30. The molecule has 2 fully saturated rings. The van der Waals surface area contributed by atoms with Crippen molar-refractivity contribution in [3.8, 4) is 5.75 Å². The van der Waals surface area contributed by atoms with Crippen molar-refractivity contribution in [1.82, 2.24) is 10.6 Å². The zero-order valence-corrected chi connectivity index (χ0v) is 17.5. The molecule has 5 nitrogen and oxygen atoms in total. The van der Waals surface area contributed by atoms with Crippen LogP contribution in [-0.2, 0) is 11.3 Å². The van der Waals surface area contributed by atoms with Crippen molar-refractivity contribution in [1.29, 1.82) is 0 Å². The smallest absolute Gasteiger partial charge is 0.191 e. The second-order valence-electron chi connectivity index (χ2n) is 6.90. The summed E-state index contributed by atoms with van der Waals surface area (Å²) in [7, 11) is 1.81. The van der Waals surface area contributed by atoms with Gasteiger partial charge in [-0.2, -0.15) is 0 Å². The van der Waals surface area contributed by atoms with Crippen LogP contribution in [0.1, 0.15) is 30.4 Å². The van der Waals surface area contributed by atoms with Crippen LogP contribution >= 0.6 is 24.0 Å². The second-order valence-corrected chi connectivity index (χ2v) is 6.90. The molecule has 0 spiro atoms. The average Bonchev–Trinajstić information content (AvgIpc) is 3.27. The molecule has 1 saturated carbocycles. The Balaban J connectivity index is 0.00000225. The SMILES string of the molecule is CN=C(NCc1ccc(C)cc1OCC1CCOC1)NCC1CC1.I. The molecular formula is C19H30IN3O2.